The van der Waals surface area contributed by atoms with E-state index in [1.807, 2.05) is 17.5 Å². The highest BCUT2D eigenvalue weighted by molar-refractivity contribution is 7.28. The van der Waals surface area contributed by atoms with Gasteiger partial charge in [0, 0.05) is 27.2 Å². The summed E-state index contributed by atoms with van der Waals surface area (Å²) >= 11 is 1.94. The highest BCUT2D eigenvalue weighted by Gasteiger charge is 2.24. The number of pyridine rings is 1. The molecule has 0 N–H and O–H groups in total. The maximum atomic E-state index is 4.94. The minimum Gasteiger partial charge on any atom is -0.255 e. The lowest BCUT2D eigenvalue weighted by molar-refractivity contribution is 0.596. The number of rotatable bonds is 2. The molecule has 0 spiro atoms. The van der Waals surface area contributed by atoms with Gasteiger partial charge in [0.1, 0.15) is 0 Å². The number of aryl methyl sites for hydroxylation is 1. The van der Waals surface area contributed by atoms with E-state index in [1.165, 1.54) is 47.6 Å². The molecule has 0 saturated heterocycles. The minimum absolute atomic E-state index is 0.0613. The normalized spacial score (nSPS) is 12.8. The highest BCUT2D eigenvalue weighted by Crippen LogP contribution is 2.41. The molecule has 0 aliphatic rings. The van der Waals surface area contributed by atoms with E-state index in [9.17, 15) is 0 Å². The third-order valence-corrected chi connectivity index (χ3v) is 9.84. The standard InChI is InChI=1S/C29H31NSSi/c1-18-14-23-22-12-13-30-26(28(22)31-27(23)25(15-18)32(5,6)7)20-16-19-10-8-9-11-21(19)24(17-20)29(2,3)4/h8-17H,1-7H3. The van der Waals surface area contributed by atoms with Gasteiger partial charge in [-0.05, 0) is 58.1 Å². The average molecular weight is 454 g/mol. The van der Waals surface area contributed by atoms with E-state index in [2.05, 4.69) is 102 Å². The Labute approximate surface area is 196 Å². The van der Waals surface area contributed by atoms with Crippen LogP contribution in [0.25, 0.3) is 42.2 Å². The smallest absolute Gasteiger partial charge is 0.0880 e. The fourth-order valence-corrected chi connectivity index (χ4v) is 8.53. The molecule has 0 bridgehead atoms. The molecule has 0 saturated carbocycles. The average Bonchev–Trinajstić information content (AvgIpc) is 3.09. The number of nitrogens with zero attached hydrogens (tertiary/aromatic N) is 1. The van der Waals surface area contributed by atoms with E-state index < -0.39 is 8.07 Å². The van der Waals surface area contributed by atoms with Crippen molar-refractivity contribution in [3.8, 4) is 11.3 Å². The zero-order valence-electron chi connectivity index (χ0n) is 20.1. The molecule has 5 aromatic rings. The van der Waals surface area contributed by atoms with E-state index in [1.54, 1.807) is 5.19 Å². The first-order valence-corrected chi connectivity index (χ1v) is 15.7. The largest absolute Gasteiger partial charge is 0.255 e. The van der Waals surface area contributed by atoms with Crippen LogP contribution in [0.1, 0.15) is 31.9 Å². The summed E-state index contributed by atoms with van der Waals surface area (Å²) in [5, 5.41) is 6.91. The van der Waals surface area contributed by atoms with Crippen molar-refractivity contribution in [2.24, 2.45) is 0 Å². The molecular formula is C29H31NSSi. The molecule has 2 heterocycles. The van der Waals surface area contributed by atoms with Gasteiger partial charge in [0.2, 0.25) is 0 Å². The second-order valence-electron chi connectivity index (χ2n) is 11.1. The number of hydrogen-bond donors (Lipinski definition) is 0. The first-order chi connectivity index (χ1) is 15.0. The van der Waals surface area contributed by atoms with Crippen LogP contribution in [0, 0.1) is 6.92 Å². The zero-order chi connectivity index (χ0) is 22.8. The number of benzene rings is 3. The van der Waals surface area contributed by atoms with Crippen molar-refractivity contribution < 1.29 is 0 Å². The first kappa shape index (κ1) is 21.4. The van der Waals surface area contributed by atoms with E-state index in [0.717, 1.165) is 5.69 Å². The third kappa shape index (κ3) is 3.48. The number of hydrogen-bond acceptors (Lipinski definition) is 2. The summed E-state index contributed by atoms with van der Waals surface area (Å²) in [6.07, 6.45) is 1.99. The summed E-state index contributed by atoms with van der Waals surface area (Å²) in [6, 6.07) is 20.4. The van der Waals surface area contributed by atoms with Crippen molar-refractivity contribution in [2.75, 3.05) is 0 Å². The van der Waals surface area contributed by atoms with Crippen LogP contribution in [0.5, 0.6) is 0 Å². The minimum atomic E-state index is -1.47. The second-order valence-corrected chi connectivity index (χ2v) is 17.1. The Kier molecular flexibility index (Phi) is 4.85. The second kappa shape index (κ2) is 7.26. The molecule has 0 aliphatic heterocycles. The Morgan fingerprint density at radius 1 is 0.812 bits per heavy atom. The van der Waals surface area contributed by atoms with Crippen LogP contribution in [0.15, 0.2) is 60.8 Å². The van der Waals surface area contributed by atoms with Crippen LogP contribution in [-0.2, 0) is 5.41 Å². The quantitative estimate of drug-likeness (QED) is 0.244. The summed E-state index contributed by atoms with van der Waals surface area (Å²) in [4.78, 5) is 4.94. The lowest BCUT2D eigenvalue weighted by Crippen LogP contribution is -2.37. The van der Waals surface area contributed by atoms with Crippen molar-refractivity contribution >= 4 is 55.5 Å². The van der Waals surface area contributed by atoms with Crippen molar-refractivity contribution in [2.45, 2.75) is 52.8 Å². The molecule has 0 radical (unpaired) electrons. The molecule has 1 nitrogen and oxygen atoms in total. The Hall–Kier alpha value is -2.49. The Morgan fingerprint density at radius 2 is 1.56 bits per heavy atom. The first-order valence-electron chi connectivity index (χ1n) is 11.4. The molecule has 5 rings (SSSR count). The third-order valence-electron chi connectivity index (χ3n) is 6.38. The van der Waals surface area contributed by atoms with Crippen LogP contribution < -0.4 is 5.19 Å². The number of fused-ring (bicyclic) bond motifs is 4. The van der Waals surface area contributed by atoms with Crippen LogP contribution >= 0.6 is 11.3 Å². The molecule has 0 aliphatic carbocycles. The topological polar surface area (TPSA) is 12.9 Å². The molecule has 32 heavy (non-hydrogen) atoms. The Balaban J connectivity index is 1.87. The predicted molar refractivity (Wildman–Crippen MR) is 146 cm³/mol. The number of aromatic nitrogens is 1. The molecule has 3 aromatic carbocycles. The van der Waals surface area contributed by atoms with E-state index >= 15 is 0 Å². The van der Waals surface area contributed by atoms with Gasteiger partial charge in [-0.15, -0.1) is 11.3 Å². The molecule has 3 heteroatoms. The molecule has 0 atom stereocenters. The summed E-state index contributed by atoms with van der Waals surface area (Å²) in [6.45, 7) is 16.5. The van der Waals surface area contributed by atoms with Crippen molar-refractivity contribution in [1.29, 1.82) is 0 Å². The maximum Gasteiger partial charge on any atom is 0.0880 e. The van der Waals surface area contributed by atoms with Gasteiger partial charge < -0.3 is 0 Å². The predicted octanol–water partition coefficient (Wildman–Crippen LogP) is 8.42. The highest BCUT2D eigenvalue weighted by atomic mass is 32.1. The summed E-state index contributed by atoms with van der Waals surface area (Å²) in [5.41, 5.74) is 5.13. The van der Waals surface area contributed by atoms with Gasteiger partial charge in [-0.25, -0.2) is 0 Å². The van der Waals surface area contributed by atoms with Gasteiger partial charge in [0.15, 0.2) is 0 Å². The fourth-order valence-electron chi connectivity index (χ4n) is 4.78. The SMILES string of the molecule is Cc1cc([Si](C)(C)C)c2sc3c(-c4cc(C(C)(C)C)c5ccccc5c4)nccc3c2c1. The zero-order valence-corrected chi connectivity index (χ0v) is 21.9. The van der Waals surface area contributed by atoms with Crippen molar-refractivity contribution in [1.82, 2.24) is 4.98 Å². The van der Waals surface area contributed by atoms with Gasteiger partial charge in [0.25, 0.3) is 0 Å². The van der Waals surface area contributed by atoms with E-state index in [-0.39, 0.29) is 5.41 Å². The lowest BCUT2D eigenvalue weighted by atomic mass is 9.82. The van der Waals surface area contributed by atoms with E-state index in [0.29, 0.717) is 0 Å². The molecule has 162 valence electrons. The van der Waals surface area contributed by atoms with Crippen LogP contribution in [-0.4, -0.2) is 13.1 Å². The van der Waals surface area contributed by atoms with Crippen LogP contribution in [0.3, 0.4) is 0 Å². The summed E-state index contributed by atoms with van der Waals surface area (Å²) in [7, 11) is -1.47. The van der Waals surface area contributed by atoms with Gasteiger partial charge >= 0.3 is 0 Å². The van der Waals surface area contributed by atoms with Gasteiger partial charge in [0.05, 0.1) is 18.5 Å². The molecule has 0 unspecified atom stereocenters. The van der Waals surface area contributed by atoms with Crippen LogP contribution in [0.2, 0.25) is 19.6 Å². The van der Waals surface area contributed by atoms with Gasteiger partial charge in [-0.3, -0.25) is 4.98 Å². The molecular weight excluding hydrogens is 422 g/mol. The number of thiophene rings is 1. The Morgan fingerprint density at radius 3 is 2.28 bits per heavy atom. The van der Waals surface area contributed by atoms with Crippen molar-refractivity contribution in [3.63, 3.8) is 0 Å². The lowest BCUT2D eigenvalue weighted by Gasteiger charge is -2.22. The van der Waals surface area contributed by atoms with E-state index in [4.69, 9.17) is 4.98 Å². The van der Waals surface area contributed by atoms with Gasteiger partial charge in [-0.2, -0.15) is 0 Å². The maximum absolute atomic E-state index is 4.94. The molecule has 0 fully saturated rings. The fraction of sp³-hybridized carbons (Fsp3) is 0.276. The molecule has 2 aromatic heterocycles. The summed E-state index contributed by atoms with van der Waals surface area (Å²) in [5.74, 6) is 0. The Bertz CT molecular complexity index is 1500. The van der Waals surface area contributed by atoms with Crippen molar-refractivity contribution in [3.05, 3.63) is 71.9 Å². The van der Waals surface area contributed by atoms with Gasteiger partial charge in [-0.1, -0.05) is 76.3 Å². The molecule has 0 amide bonds. The monoisotopic (exact) mass is 453 g/mol. The summed E-state index contributed by atoms with van der Waals surface area (Å²) < 4.78 is 2.76. The van der Waals surface area contributed by atoms with Crippen LogP contribution in [0.4, 0.5) is 0 Å².